The second kappa shape index (κ2) is 77.3. The summed E-state index contributed by atoms with van der Waals surface area (Å²) in [6, 6.07) is 0. The van der Waals surface area contributed by atoms with E-state index in [4.69, 9.17) is 37.0 Å². The van der Waals surface area contributed by atoms with Crippen LogP contribution in [-0.4, -0.2) is 96.7 Å². The molecule has 600 valence electrons. The SMILES string of the molecule is CC/C=C\C/C=C\C/C=C\C/C=C\C/C=C\CCCC(=O)OC(COC(=O)CCCCCCCC/C=C\C/C=C\C/C=C\C/C=C\CC)COP(=O)(O)OCC(O)COP(=O)(O)OCC(COC(=O)CCCC/C=C\C/C=C\C/C=C\C/C=C\CC)OC(=O)CCCCCCC/C=C\C/C=C\CCCCC. The van der Waals surface area contributed by atoms with E-state index in [0.29, 0.717) is 32.1 Å². The number of hydrogen-bond donors (Lipinski definition) is 3. The average Bonchev–Trinajstić information content (AvgIpc) is 0.907. The molecule has 17 nitrogen and oxygen atoms in total. The minimum Gasteiger partial charge on any atom is -0.462 e. The lowest BCUT2D eigenvalue weighted by molar-refractivity contribution is -0.161. The van der Waals surface area contributed by atoms with Gasteiger partial charge in [-0.2, -0.15) is 0 Å². The minimum atomic E-state index is -5.01. The molecule has 0 heterocycles. The molecule has 0 aliphatic heterocycles. The number of carbonyl (C=O) groups is 4. The lowest BCUT2D eigenvalue weighted by Crippen LogP contribution is -2.30. The van der Waals surface area contributed by atoms with Crippen molar-refractivity contribution in [3.63, 3.8) is 0 Å². The molecule has 0 aliphatic carbocycles. The van der Waals surface area contributed by atoms with Crippen LogP contribution in [0.15, 0.2) is 182 Å². The molecule has 0 amide bonds. The molecule has 5 atom stereocenters. The molecule has 0 aliphatic rings. The Morgan fingerprint density at radius 3 is 0.811 bits per heavy atom. The fraction of sp³-hybridized carbons (Fsp3) is 0.609. The van der Waals surface area contributed by atoms with Gasteiger partial charge in [0.25, 0.3) is 0 Å². The number of phosphoric acid groups is 2. The summed E-state index contributed by atoms with van der Waals surface area (Å²) in [7, 11) is -10.0. The van der Waals surface area contributed by atoms with Crippen molar-refractivity contribution in [3.8, 4) is 0 Å². The zero-order valence-corrected chi connectivity index (χ0v) is 67.3. The Morgan fingerprint density at radius 2 is 0.500 bits per heavy atom. The van der Waals surface area contributed by atoms with E-state index in [1.165, 1.54) is 19.3 Å². The molecule has 0 saturated heterocycles. The summed E-state index contributed by atoms with van der Waals surface area (Å²) in [6.07, 6.45) is 93.1. The number of aliphatic hydroxyl groups excluding tert-OH is 1. The molecule has 3 N–H and O–H groups in total. The second-order valence-electron chi connectivity index (χ2n) is 25.9. The lowest BCUT2D eigenvalue weighted by Gasteiger charge is -2.21. The van der Waals surface area contributed by atoms with Gasteiger partial charge in [-0.05, 0) is 173 Å². The van der Waals surface area contributed by atoms with Gasteiger partial charge in [0, 0.05) is 25.7 Å². The summed E-state index contributed by atoms with van der Waals surface area (Å²) in [4.78, 5) is 73.0. The zero-order chi connectivity index (χ0) is 77.4. The van der Waals surface area contributed by atoms with Crippen molar-refractivity contribution in [2.45, 2.75) is 303 Å². The lowest BCUT2D eigenvalue weighted by atomic mass is 10.1. The first-order valence-electron chi connectivity index (χ1n) is 40.0. The number of hydrogen-bond acceptors (Lipinski definition) is 15. The van der Waals surface area contributed by atoms with Gasteiger partial charge in [-0.1, -0.05) is 268 Å². The van der Waals surface area contributed by atoms with Crippen LogP contribution in [0.5, 0.6) is 0 Å². The molecule has 0 aromatic rings. The zero-order valence-electron chi connectivity index (χ0n) is 65.5. The smallest absolute Gasteiger partial charge is 0.462 e. The maximum Gasteiger partial charge on any atom is 0.472 e. The number of phosphoric ester groups is 2. The van der Waals surface area contributed by atoms with Crippen LogP contribution in [0.2, 0.25) is 0 Å². The third kappa shape index (κ3) is 76.4. The summed E-state index contributed by atoms with van der Waals surface area (Å²) < 4.78 is 68.5. The molecule has 0 saturated carbocycles. The Labute approximate surface area is 641 Å². The molecule has 0 fully saturated rings. The van der Waals surface area contributed by atoms with E-state index in [2.05, 4.69) is 198 Å². The van der Waals surface area contributed by atoms with E-state index in [1.54, 1.807) is 0 Å². The van der Waals surface area contributed by atoms with E-state index in [-0.39, 0.29) is 25.7 Å². The van der Waals surface area contributed by atoms with E-state index >= 15 is 0 Å². The first-order chi connectivity index (χ1) is 51.7. The molecule has 0 bridgehead atoms. The molecule has 106 heavy (non-hydrogen) atoms. The van der Waals surface area contributed by atoms with E-state index in [0.717, 1.165) is 180 Å². The Hall–Kier alpha value is -5.84. The Kier molecular flexibility index (Phi) is 73.1. The third-order valence-electron chi connectivity index (χ3n) is 15.8. The van der Waals surface area contributed by atoms with Gasteiger partial charge in [0.15, 0.2) is 12.2 Å². The second-order valence-corrected chi connectivity index (χ2v) is 28.8. The monoisotopic (exact) mass is 1520 g/mol. The fourth-order valence-corrected chi connectivity index (χ4v) is 11.4. The van der Waals surface area contributed by atoms with Crippen LogP contribution in [0.1, 0.15) is 285 Å². The maximum absolute atomic E-state index is 13.1. The van der Waals surface area contributed by atoms with E-state index in [9.17, 15) is 43.2 Å². The van der Waals surface area contributed by atoms with Gasteiger partial charge in [0.1, 0.15) is 19.3 Å². The molecule has 0 rings (SSSR count). The average molecular weight is 1520 g/mol. The largest absolute Gasteiger partial charge is 0.472 e. The number of unbranched alkanes of at least 4 members (excludes halogenated alkanes) is 17. The summed E-state index contributed by atoms with van der Waals surface area (Å²) in [5, 5.41) is 10.6. The van der Waals surface area contributed by atoms with Gasteiger partial charge in [-0.15, -0.1) is 0 Å². The van der Waals surface area contributed by atoms with Crippen molar-refractivity contribution in [3.05, 3.63) is 182 Å². The topological polar surface area (TPSA) is 237 Å². The summed E-state index contributed by atoms with van der Waals surface area (Å²) in [6.45, 7) is 4.34. The first-order valence-corrected chi connectivity index (χ1v) is 43.0. The van der Waals surface area contributed by atoms with Crippen LogP contribution in [0, 0.1) is 0 Å². The third-order valence-corrected chi connectivity index (χ3v) is 17.7. The highest BCUT2D eigenvalue weighted by molar-refractivity contribution is 7.47. The standard InChI is InChI=1S/C87H140O17P2/c1-5-9-13-17-21-25-29-33-37-39-40-42-45-48-52-56-60-64-68-72-85(90)98-78-83(104-87(92)74-70-66-62-58-54-50-46-41-38-34-30-26-22-18-14-10-6-2)80-102-106(95,96)100-76-81(88)75-99-105(93,94)101-79-82(103-86(91)73-69-65-61-57-53-49-44-36-32-28-24-20-16-12-8-4)77-97-84(89)71-67-63-59-55-51-47-43-35-31-27-23-19-15-11-7-3/h9-11,13-15,21-28,33-38,40,42-44,46,50-51,55,58,62,81-83,88H,5-8,12,16-20,29-32,39,41,45,47-49,52-54,56-57,59-61,63-80H2,1-4H3,(H,93,94)(H,95,96)/b13-9-,14-10-,15-11-,25-21-,26-22-,27-23-,28-24-,37-33-,38-34-,42-40-,43-35-,44-36-,50-46-,55-51-,62-58-. The van der Waals surface area contributed by atoms with Crippen LogP contribution >= 0.6 is 15.6 Å². The molecule has 5 unspecified atom stereocenters. The summed E-state index contributed by atoms with van der Waals surface area (Å²) in [5.74, 6) is -2.34. The van der Waals surface area contributed by atoms with Crippen molar-refractivity contribution in [2.24, 2.45) is 0 Å². The Bertz CT molecular complexity index is 2730. The highest BCUT2D eigenvalue weighted by atomic mass is 31.2. The van der Waals surface area contributed by atoms with E-state index in [1.807, 2.05) is 12.2 Å². The molecule has 0 spiro atoms. The van der Waals surface area contributed by atoms with Gasteiger partial charge >= 0.3 is 39.5 Å². The molecule has 0 radical (unpaired) electrons. The van der Waals surface area contributed by atoms with Gasteiger partial charge in [0.05, 0.1) is 26.4 Å². The van der Waals surface area contributed by atoms with Gasteiger partial charge in [-0.3, -0.25) is 37.3 Å². The van der Waals surface area contributed by atoms with Crippen molar-refractivity contribution in [1.29, 1.82) is 0 Å². The highest BCUT2D eigenvalue weighted by Gasteiger charge is 2.30. The maximum atomic E-state index is 13.1. The predicted molar refractivity (Wildman–Crippen MR) is 436 cm³/mol. The van der Waals surface area contributed by atoms with Crippen molar-refractivity contribution in [1.82, 2.24) is 0 Å². The molecular weight excluding hydrogens is 1380 g/mol. The number of aliphatic hydroxyl groups is 1. The number of ether oxygens (including phenoxy) is 4. The Morgan fingerprint density at radius 1 is 0.274 bits per heavy atom. The van der Waals surface area contributed by atoms with Crippen molar-refractivity contribution >= 4 is 39.5 Å². The quantitative estimate of drug-likeness (QED) is 0.0169. The van der Waals surface area contributed by atoms with Gasteiger partial charge in [-0.25, -0.2) is 9.13 Å². The molecule has 0 aromatic heterocycles. The number of allylic oxidation sites excluding steroid dienone is 30. The first kappa shape index (κ1) is 100. The number of carbonyl (C=O) groups excluding carboxylic acids is 4. The minimum absolute atomic E-state index is 0.00493. The molecule has 19 heteroatoms. The van der Waals surface area contributed by atoms with Crippen LogP contribution in [0.4, 0.5) is 0 Å². The van der Waals surface area contributed by atoms with Crippen molar-refractivity contribution < 1.29 is 80.2 Å². The van der Waals surface area contributed by atoms with Crippen molar-refractivity contribution in [2.75, 3.05) is 39.6 Å². The van der Waals surface area contributed by atoms with Crippen LogP contribution in [-0.2, 0) is 65.4 Å². The van der Waals surface area contributed by atoms with Crippen LogP contribution < -0.4 is 0 Å². The fourth-order valence-electron chi connectivity index (χ4n) is 9.85. The van der Waals surface area contributed by atoms with Crippen LogP contribution in [0.25, 0.3) is 0 Å². The van der Waals surface area contributed by atoms with E-state index < -0.39 is 97.5 Å². The highest BCUT2D eigenvalue weighted by Crippen LogP contribution is 2.45. The molecular formula is C87H140O17P2. The summed E-state index contributed by atoms with van der Waals surface area (Å²) in [5.41, 5.74) is 0. The van der Waals surface area contributed by atoms with Gasteiger partial charge < -0.3 is 33.8 Å². The number of rotatable bonds is 73. The number of esters is 4. The van der Waals surface area contributed by atoms with Crippen LogP contribution in [0.3, 0.4) is 0 Å². The summed E-state index contributed by atoms with van der Waals surface area (Å²) >= 11 is 0. The molecule has 0 aromatic carbocycles. The predicted octanol–water partition coefficient (Wildman–Crippen LogP) is 23.6. The normalized spacial score (nSPS) is 14.8. The Balaban J connectivity index is 5.49. The van der Waals surface area contributed by atoms with Gasteiger partial charge in [0.2, 0.25) is 0 Å².